The van der Waals surface area contributed by atoms with Crippen LogP contribution in [0.3, 0.4) is 0 Å². The van der Waals surface area contributed by atoms with Crippen molar-refractivity contribution in [3.8, 4) is 0 Å². The minimum atomic E-state index is 0.621. The van der Waals surface area contributed by atoms with Gasteiger partial charge in [-0.3, -0.25) is 0 Å². The van der Waals surface area contributed by atoms with Gasteiger partial charge in [0.15, 0.2) is 0 Å². The van der Waals surface area contributed by atoms with Gasteiger partial charge in [-0.05, 0) is 35.2 Å². The molecule has 0 unspecified atom stereocenters. The third-order valence-electron chi connectivity index (χ3n) is 2.75. The van der Waals surface area contributed by atoms with Gasteiger partial charge in [0, 0.05) is 31.8 Å². The van der Waals surface area contributed by atoms with Crippen molar-refractivity contribution in [3.05, 3.63) is 75.0 Å². The summed E-state index contributed by atoms with van der Waals surface area (Å²) in [5.41, 5.74) is 19.1. The van der Waals surface area contributed by atoms with Crippen molar-refractivity contribution in [1.29, 1.82) is 0 Å². The first kappa shape index (κ1) is 14.8. The highest BCUT2D eigenvalue weighted by Crippen LogP contribution is 2.23. The van der Waals surface area contributed by atoms with Crippen LogP contribution < -0.4 is 0 Å². The monoisotopic (exact) mass is 296 g/mol. The number of rotatable bonds is 6. The Balaban J connectivity index is 1.85. The van der Waals surface area contributed by atoms with E-state index in [1.54, 1.807) is 23.9 Å². The molecule has 2 rings (SSSR count). The van der Waals surface area contributed by atoms with Gasteiger partial charge in [0.2, 0.25) is 0 Å². The van der Waals surface area contributed by atoms with Crippen molar-refractivity contribution < 1.29 is 0 Å². The number of hydrogen-bond donors (Lipinski definition) is 0. The maximum Gasteiger partial charge on any atom is 0.0376 e. The van der Waals surface area contributed by atoms with Crippen LogP contribution in [0, 0.1) is 0 Å². The molecule has 0 aliphatic rings. The zero-order chi connectivity index (χ0) is 14.9. The predicted molar refractivity (Wildman–Crippen MR) is 84.9 cm³/mol. The van der Waals surface area contributed by atoms with Crippen LogP contribution in [-0.4, -0.2) is 5.75 Å². The molecule has 0 N–H and O–H groups in total. The van der Waals surface area contributed by atoms with Crippen LogP contribution in [0.4, 0.5) is 11.4 Å². The standard InChI is InChI=1S/C14H12N6S/c15-19-17-12-3-1-11(2-4-12)9-10-21-14-7-5-13(6-8-14)18-20-16/h1-8H,9-10H2. The third kappa shape index (κ3) is 4.78. The largest absolute Gasteiger partial charge is 0.126 e. The molecule has 0 radical (unpaired) electrons. The molecule has 6 nitrogen and oxygen atoms in total. The quantitative estimate of drug-likeness (QED) is 0.281. The van der Waals surface area contributed by atoms with E-state index in [-0.39, 0.29) is 0 Å². The van der Waals surface area contributed by atoms with E-state index in [9.17, 15) is 0 Å². The molecule has 21 heavy (non-hydrogen) atoms. The van der Waals surface area contributed by atoms with Crippen LogP contribution in [0.2, 0.25) is 0 Å². The fourth-order valence-electron chi connectivity index (χ4n) is 1.73. The number of thioether (sulfide) groups is 1. The molecule has 0 aliphatic carbocycles. The first-order chi connectivity index (χ1) is 10.3. The Hall–Kier alpha value is -2.59. The smallest absolute Gasteiger partial charge is 0.0376 e. The van der Waals surface area contributed by atoms with E-state index >= 15 is 0 Å². The Labute approximate surface area is 126 Å². The van der Waals surface area contributed by atoms with Crippen molar-refractivity contribution in [1.82, 2.24) is 0 Å². The first-order valence-electron chi connectivity index (χ1n) is 6.24. The summed E-state index contributed by atoms with van der Waals surface area (Å²) in [4.78, 5) is 6.63. The second kappa shape index (κ2) is 7.87. The molecular formula is C14H12N6S. The lowest BCUT2D eigenvalue weighted by atomic mass is 10.1. The minimum Gasteiger partial charge on any atom is -0.126 e. The van der Waals surface area contributed by atoms with Gasteiger partial charge in [-0.2, -0.15) is 0 Å². The Kier molecular flexibility index (Phi) is 5.55. The Bertz CT molecular complexity index is 621. The van der Waals surface area contributed by atoms with Gasteiger partial charge >= 0.3 is 0 Å². The molecule has 0 heterocycles. The first-order valence-corrected chi connectivity index (χ1v) is 7.22. The average molecular weight is 296 g/mol. The molecular weight excluding hydrogens is 284 g/mol. The van der Waals surface area contributed by atoms with Crippen LogP contribution >= 0.6 is 11.8 Å². The van der Waals surface area contributed by atoms with Crippen LogP contribution in [0.15, 0.2) is 63.7 Å². The van der Waals surface area contributed by atoms with Crippen LogP contribution in [0.1, 0.15) is 5.56 Å². The Morgan fingerprint density at radius 2 is 1.33 bits per heavy atom. The molecule has 0 atom stereocenters. The van der Waals surface area contributed by atoms with E-state index in [4.69, 9.17) is 11.1 Å². The van der Waals surface area contributed by atoms with Crippen molar-refractivity contribution in [2.45, 2.75) is 11.3 Å². The van der Waals surface area contributed by atoms with Crippen molar-refractivity contribution in [3.63, 3.8) is 0 Å². The van der Waals surface area contributed by atoms with E-state index in [0.29, 0.717) is 11.4 Å². The van der Waals surface area contributed by atoms with Gasteiger partial charge < -0.3 is 0 Å². The molecule has 0 saturated carbocycles. The van der Waals surface area contributed by atoms with E-state index in [1.165, 1.54) is 5.56 Å². The van der Waals surface area contributed by atoms with Gasteiger partial charge in [-0.25, -0.2) is 0 Å². The number of aryl methyl sites for hydroxylation is 1. The number of azide groups is 2. The van der Waals surface area contributed by atoms with Crippen molar-refractivity contribution >= 4 is 23.1 Å². The second-order valence-corrected chi connectivity index (χ2v) is 5.31. The number of nitrogens with zero attached hydrogens (tertiary/aromatic N) is 6. The van der Waals surface area contributed by atoms with Crippen molar-refractivity contribution in [2.24, 2.45) is 10.2 Å². The lowest BCUT2D eigenvalue weighted by molar-refractivity contribution is 1.15. The summed E-state index contributed by atoms with van der Waals surface area (Å²) in [7, 11) is 0. The fourth-order valence-corrected chi connectivity index (χ4v) is 2.63. The summed E-state index contributed by atoms with van der Waals surface area (Å²) < 4.78 is 0. The maximum atomic E-state index is 8.34. The molecule has 0 saturated heterocycles. The van der Waals surface area contributed by atoms with Gasteiger partial charge in [-0.1, -0.05) is 46.6 Å². The zero-order valence-electron chi connectivity index (χ0n) is 11.1. The molecule has 0 spiro atoms. The molecule has 104 valence electrons. The molecule has 2 aromatic rings. The van der Waals surface area contributed by atoms with Gasteiger partial charge in [0.1, 0.15) is 0 Å². The van der Waals surface area contributed by atoms with E-state index in [1.807, 2.05) is 36.4 Å². The summed E-state index contributed by atoms with van der Waals surface area (Å²) in [6.45, 7) is 0. The van der Waals surface area contributed by atoms with E-state index in [2.05, 4.69) is 20.1 Å². The van der Waals surface area contributed by atoms with Crippen LogP contribution in [0.25, 0.3) is 20.9 Å². The molecule has 7 heteroatoms. The zero-order valence-corrected chi connectivity index (χ0v) is 11.9. The SMILES string of the molecule is [N-]=[N+]=Nc1ccc(CCSc2ccc(N=[N+]=[N-])cc2)cc1. The topological polar surface area (TPSA) is 97.5 Å². The summed E-state index contributed by atoms with van der Waals surface area (Å²) in [6, 6.07) is 15.1. The average Bonchev–Trinajstić information content (AvgIpc) is 2.51. The maximum absolute atomic E-state index is 8.34. The highest BCUT2D eigenvalue weighted by molar-refractivity contribution is 7.99. The molecule has 0 fully saturated rings. The van der Waals surface area contributed by atoms with E-state index < -0.39 is 0 Å². The predicted octanol–water partition coefficient (Wildman–Crippen LogP) is 5.91. The molecule has 0 amide bonds. The molecule has 2 aromatic carbocycles. The third-order valence-corrected chi connectivity index (χ3v) is 3.77. The Morgan fingerprint density at radius 1 is 0.810 bits per heavy atom. The van der Waals surface area contributed by atoms with Crippen molar-refractivity contribution in [2.75, 3.05) is 5.75 Å². The molecule has 0 aromatic heterocycles. The molecule has 0 bridgehead atoms. The number of hydrogen-bond acceptors (Lipinski definition) is 3. The van der Waals surface area contributed by atoms with Crippen LogP contribution in [-0.2, 0) is 6.42 Å². The summed E-state index contributed by atoms with van der Waals surface area (Å²) in [5, 5.41) is 7.08. The van der Waals surface area contributed by atoms with Crippen LogP contribution in [0.5, 0.6) is 0 Å². The summed E-state index contributed by atoms with van der Waals surface area (Å²) in [6.07, 6.45) is 0.930. The number of benzene rings is 2. The summed E-state index contributed by atoms with van der Waals surface area (Å²) in [5.74, 6) is 0.946. The van der Waals surface area contributed by atoms with Gasteiger partial charge in [0.05, 0.1) is 0 Å². The normalized spacial score (nSPS) is 9.52. The minimum absolute atomic E-state index is 0.621. The highest BCUT2D eigenvalue weighted by atomic mass is 32.2. The van der Waals surface area contributed by atoms with Gasteiger partial charge in [-0.15, -0.1) is 11.8 Å². The fraction of sp³-hybridized carbons (Fsp3) is 0.143. The highest BCUT2D eigenvalue weighted by Gasteiger charge is 1.97. The van der Waals surface area contributed by atoms with E-state index in [0.717, 1.165) is 17.1 Å². The summed E-state index contributed by atoms with van der Waals surface area (Å²) >= 11 is 1.74. The lowest BCUT2D eigenvalue weighted by Crippen LogP contribution is -1.87. The second-order valence-electron chi connectivity index (χ2n) is 4.14. The molecule has 0 aliphatic heterocycles. The Morgan fingerprint density at radius 3 is 1.86 bits per heavy atom. The van der Waals surface area contributed by atoms with Gasteiger partial charge in [0.25, 0.3) is 0 Å². The lowest BCUT2D eigenvalue weighted by Gasteiger charge is -2.03.